The summed E-state index contributed by atoms with van der Waals surface area (Å²) in [5.41, 5.74) is 1.18. The zero-order chi connectivity index (χ0) is 23.7. The molecule has 5 rings (SSSR count). The molecule has 1 aromatic carbocycles. The first-order valence-corrected chi connectivity index (χ1v) is 12.0. The number of rotatable bonds is 7. The number of alkyl halides is 1. The number of benzene rings is 1. The predicted octanol–water partition coefficient (Wildman–Crippen LogP) is 3.59. The largest absolute Gasteiger partial charge is 0.480 e. The van der Waals surface area contributed by atoms with E-state index in [0.29, 0.717) is 31.1 Å². The molecule has 3 heterocycles. The van der Waals surface area contributed by atoms with Gasteiger partial charge in [-0.1, -0.05) is 0 Å². The van der Waals surface area contributed by atoms with E-state index in [0.717, 1.165) is 60.5 Å². The molecule has 0 amide bonds. The Bertz CT molecular complexity index is 1160. The molecule has 8 nitrogen and oxygen atoms in total. The lowest BCUT2D eigenvalue weighted by Gasteiger charge is -2.36. The number of likely N-dealkylation sites (N-methyl/N-ethyl adjacent to an activating group) is 1. The molecule has 0 atom stereocenters. The minimum absolute atomic E-state index is 0.0700. The van der Waals surface area contributed by atoms with Gasteiger partial charge in [0.25, 0.3) is 0 Å². The number of fused-ring (bicyclic) bond motifs is 1. The van der Waals surface area contributed by atoms with Gasteiger partial charge in [-0.05, 0) is 50.3 Å². The first-order chi connectivity index (χ1) is 16.5. The van der Waals surface area contributed by atoms with E-state index in [2.05, 4.69) is 19.9 Å². The van der Waals surface area contributed by atoms with Crippen molar-refractivity contribution in [1.82, 2.24) is 19.9 Å². The normalized spacial score (nSPS) is 18.1. The summed E-state index contributed by atoms with van der Waals surface area (Å²) in [6.07, 6.45) is 6.92. The fraction of sp³-hybridized carbons (Fsp3) is 0.520. The van der Waals surface area contributed by atoms with Gasteiger partial charge < -0.3 is 19.6 Å². The Morgan fingerprint density at radius 3 is 2.62 bits per heavy atom. The molecule has 1 N–H and O–H groups in total. The lowest BCUT2D eigenvalue weighted by molar-refractivity contribution is 0.0512. The highest BCUT2D eigenvalue weighted by Gasteiger charge is 2.42. The second kappa shape index (κ2) is 9.29. The summed E-state index contributed by atoms with van der Waals surface area (Å²) in [7, 11) is 3.56. The molecular formula is C25H31FN6O2. The van der Waals surface area contributed by atoms with Crippen molar-refractivity contribution in [2.45, 2.75) is 43.7 Å². The molecule has 1 saturated heterocycles. The van der Waals surface area contributed by atoms with Crippen molar-refractivity contribution in [3.05, 3.63) is 42.1 Å². The second-order valence-electron chi connectivity index (χ2n) is 9.25. The van der Waals surface area contributed by atoms with Crippen molar-refractivity contribution in [2.75, 3.05) is 50.2 Å². The Morgan fingerprint density at radius 1 is 1.18 bits per heavy atom. The predicted molar refractivity (Wildman–Crippen MR) is 129 cm³/mol. The third-order valence-electron chi connectivity index (χ3n) is 7.15. The highest BCUT2D eigenvalue weighted by molar-refractivity contribution is 5.92. The number of hydrogen-bond acceptors (Lipinski definition) is 8. The Kier molecular flexibility index (Phi) is 6.20. The van der Waals surface area contributed by atoms with E-state index in [9.17, 15) is 5.11 Å². The quantitative estimate of drug-likeness (QED) is 0.565. The number of hydrogen-bond donors (Lipinski definition) is 1. The number of anilines is 2. The fourth-order valence-electron chi connectivity index (χ4n) is 4.91. The minimum atomic E-state index is -1.43. The molecular weight excluding hydrogens is 435 g/mol. The summed E-state index contributed by atoms with van der Waals surface area (Å²) in [4.78, 5) is 22.5. The molecule has 0 unspecified atom stereocenters. The first kappa shape index (κ1) is 22.7. The molecule has 2 aliphatic rings. The average molecular weight is 467 g/mol. The van der Waals surface area contributed by atoms with Gasteiger partial charge in [-0.2, -0.15) is 0 Å². The van der Waals surface area contributed by atoms with Crippen molar-refractivity contribution in [1.29, 1.82) is 0 Å². The number of nitrogens with zero attached hydrogens (tertiary/aromatic N) is 6. The van der Waals surface area contributed by atoms with Gasteiger partial charge in [-0.15, -0.1) is 0 Å². The highest BCUT2D eigenvalue weighted by atomic mass is 19.1. The molecule has 2 fully saturated rings. The Labute approximate surface area is 198 Å². The Morgan fingerprint density at radius 2 is 1.94 bits per heavy atom. The second-order valence-corrected chi connectivity index (χ2v) is 9.25. The van der Waals surface area contributed by atoms with Crippen LogP contribution in [0.5, 0.6) is 5.88 Å². The van der Waals surface area contributed by atoms with Crippen LogP contribution in [0.15, 0.2) is 30.6 Å². The minimum Gasteiger partial charge on any atom is -0.480 e. The average Bonchev–Trinajstić information content (AvgIpc) is 2.86. The van der Waals surface area contributed by atoms with Crippen molar-refractivity contribution >= 4 is 22.4 Å². The summed E-state index contributed by atoms with van der Waals surface area (Å²) < 4.78 is 20.8. The van der Waals surface area contributed by atoms with Crippen LogP contribution in [0.1, 0.15) is 49.5 Å². The summed E-state index contributed by atoms with van der Waals surface area (Å²) in [6, 6.07) is 5.96. The third kappa shape index (κ3) is 4.13. The summed E-state index contributed by atoms with van der Waals surface area (Å²) in [5, 5.41) is 10.3. The summed E-state index contributed by atoms with van der Waals surface area (Å²) >= 11 is 0. The van der Waals surface area contributed by atoms with E-state index >= 15 is 4.39 Å². The number of methoxy groups -OCH3 is 1. The molecule has 0 radical (unpaired) electrons. The Balaban J connectivity index is 1.49. The van der Waals surface area contributed by atoms with Crippen molar-refractivity contribution < 1.29 is 14.2 Å². The monoisotopic (exact) mass is 466 g/mol. The van der Waals surface area contributed by atoms with E-state index in [-0.39, 0.29) is 12.5 Å². The lowest BCUT2D eigenvalue weighted by Crippen LogP contribution is -2.36. The molecule has 34 heavy (non-hydrogen) atoms. The lowest BCUT2D eigenvalue weighted by atomic mass is 9.81. The van der Waals surface area contributed by atoms with E-state index in [4.69, 9.17) is 9.72 Å². The van der Waals surface area contributed by atoms with Crippen LogP contribution in [0.2, 0.25) is 0 Å². The molecule has 9 heteroatoms. The number of aromatic nitrogens is 4. The maximum absolute atomic E-state index is 15.4. The van der Waals surface area contributed by atoms with Gasteiger partial charge >= 0.3 is 0 Å². The number of halogens is 1. The van der Waals surface area contributed by atoms with Crippen molar-refractivity contribution in [2.24, 2.45) is 0 Å². The van der Waals surface area contributed by atoms with Crippen LogP contribution in [0.4, 0.5) is 15.9 Å². The number of aliphatic hydroxyl groups is 1. The van der Waals surface area contributed by atoms with Crippen LogP contribution >= 0.6 is 0 Å². The standard InChI is InChI=1S/C25H31FN6O2/c1-31(14-15-33)18-4-5-20-19(16-18)22(30-24(29-20)25(26)8-3-9-25)32-12-6-17(7-13-32)21-23(34-2)28-11-10-27-21/h4-5,10-11,16-17,33H,3,6-9,12-15H2,1-2H3. The maximum atomic E-state index is 15.4. The highest BCUT2D eigenvalue weighted by Crippen LogP contribution is 2.45. The van der Waals surface area contributed by atoms with Gasteiger partial charge in [-0.3, -0.25) is 4.98 Å². The summed E-state index contributed by atoms with van der Waals surface area (Å²) in [5.74, 6) is 1.91. The van der Waals surface area contributed by atoms with Crippen LogP contribution in [0, 0.1) is 0 Å². The maximum Gasteiger partial charge on any atom is 0.235 e. The molecule has 1 aliphatic heterocycles. The Hall–Kier alpha value is -3.07. The molecule has 0 bridgehead atoms. The van der Waals surface area contributed by atoms with Gasteiger partial charge in [-0.25, -0.2) is 19.3 Å². The van der Waals surface area contributed by atoms with E-state index < -0.39 is 5.67 Å². The van der Waals surface area contributed by atoms with Gasteiger partial charge in [0.1, 0.15) is 11.5 Å². The van der Waals surface area contributed by atoms with Gasteiger partial charge in [0, 0.05) is 56.1 Å². The first-order valence-electron chi connectivity index (χ1n) is 12.0. The van der Waals surface area contributed by atoms with Crippen molar-refractivity contribution in [3.8, 4) is 5.88 Å². The van der Waals surface area contributed by atoms with Crippen LogP contribution in [0.3, 0.4) is 0 Å². The fourth-order valence-corrected chi connectivity index (χ4v) is 4.91. The number of aliphatic hydroxyl groups excluding tert-OH is 1. The van der Waals surface area contributed by atoms with Crippen LogP contribution in [-0.4, -0.2) is 65.4 Å². The summed E-state index contributed by atoms with van der Waals surface area (Å²) in [6.45, 7) is 2.14. The van der Waals surface area contributed by atoms with E-state index in [1.54, 1.807) is 19.5 Å². The number of ether oxygens (including phenoxy) is 1. The van der Waals surface area contributed by atoms with Gasteiger partial charge in [0.15, 0.2) is 11.5 Å². The van der Waals surface area contributed by atoms with Gasteiger partial charge in [0.2, 0.25) is 5.88 Å². The molecule has 1 saturated carbocycles. The molecule has 2 aromatic heterocycles. The smallest absolute Gasteiger partial charge is 0.235 e. The molecule has 0 spiro atoms. The zero-order valence-electron chi connectivity index (χ0n) is 19.7. The van der Waals surface area contributed by atoms with Crippen LogP contribution < -0.4 is 14.5 Å². The van der Waals surface area contributed by atoms with E-state index in [1.165, 1.54) is 0 Å². The third-order valence-corrected chi connectivity index (χ3v) is 7.15. The van der Waals surface area contributed by atoms with E-state index in [1.807, 2.05) is 30.1 Å². The van der Waals surface area contributed by atoms with Crippen LogP contribution in [-0.2, 0) is 5.67 Å². The molecule has 1 aliphatic carbocycles. The van der Waals surface area contributed by atoms with Gasteiger partial charge in [0.05, 0.1) is 19.2 Å². The molecule has 3 aromatic rings. The topological polar surface area (TPSA) is 87.5 Å². The number of piperidine rings is 1. The van der Waals surface area contributed by atoms with Crippen molar-refractivity contribution in [3.63, 3.8) is 0 Å². The molecule has 180 valence electrons. The van der Waals surface area contributed by atoms with Crippen LogP contribution in [0.25, 0.3) is 10.9 Å². The SMILES string of the molecule is COc1nccnc1C1CCN(c2nc(C3(F)CCC3)nc3ccc(N(C)CCO)cc23)CC1. The zero-order valence-corrected chi connectivity index (χ0v) is 19.7.